The SMILES string of the molecule is CCCCN(C)C(=O)c1nc(C(=O)Nc2cccc(F)c2)n2ccccc12. The molecule has 0 bridgehead atoms. The number of rotatable bonds is 6. The lowest BCUT2D eigenvalue weighted by Gasteiger charge is -2.15. The number of unbranched alkanes of at least 4 members (excludes halogenated alkanes) is 1. The van der Waals surface area contributed by atoms with Crippen molar-refractivity contribution in [2.45, 2.75) is 19.8 Å². The fourth-order valence-electron chi connectivity index (χ4n) is 2.79. The van der Waals surface area contributed by atoms with Gasteiger partial charge >= 0.3 is 0 Å². The highest BCUT2D eigenvalue weighted by atomic mass is 19.1. The average molecular weight is 368 g/mol. The summed E-state index contributed by atoms with van der Waals surface area (Å²) in [5.74, 6) is -1.13. The van der Waals surface area contributed by atoms with Gasteiger partial charge in [-0.1, -0.05) is 25.5 Å². The zero-order valence-corrected chi connectivity index (χ0v) is 15.3. The number of aromatic nitrogens is 2. The molecule has 0 fully saturated rings. The van der Waals surface area contributed by atoms with E-state index in [1.807, 2.05) is 0 Å². The number of carbonyl (C=O) groups is 2. The Morgan fingerprint density at radius 1 is 1.22 bits per heavy atom. The van der Waals surface area contributed by atoms with E-state index in [0.717, 1.165) is 12.8 Å². The highest BCUT2D eigenvalue weighted by Crippen LogP contribution is 2.17. The van der Waals surface area contributed by atoms with Gasteiger partial charge in [0.15, 0.2) is 5.69 Å². The maximum absolute atomic E-state index is 13.4. The van der Waals surface area contributed by atoms with Crippen LogP contribution < -0.4 is 5.32 Å². The standard InChI is InChI=1S/C20H21FN4O2/c1-3-4-11-24(2)20(27)17-16-10-5-6-12-25(16)18(23-17)19(26)22-15-9-7-8-14(21)13-15/h5-10,12-13H,3-4,11H2,1-2H3,(H,22,26). The summed E-state index contributed by atoms with van der Waals surface area (Å²) in [7, 11) is 1.72. The van der Waals surface area contributed by atoms with Crippen molar-refractivity contribution in [1.82, 2.24) is 14.3 Å². The summed E-state index contributed by atoms with van der Waals surface area (Å²) in [6.07, 6.45) is 3.54. The van der Waals surface area contributed by atoms with Crippen molar-refractivity contribution in [3.05, 3.63) is 66.0 Å². The van der Waals surface area contributed by atoms with E-state index in [1.54, 1.807) is 46.8 Å². The molecule has 140 valence electrons. The summed E-state index contributed by atoms with van der Waals surface area (Å²) in [5, 5.41) is 2.62. The number of nitrogens with one attached hydrogen (secondary N) is 1. The second-order valence-corrected chi connectivity index (χ2v) is 6.28. The van der Waals surface area contributed by atoms with Crippen LogP contribution in [0.5, 0.6) is 0 Å². The first kappa shape index (κ1) is 18.6. The van der Waals surface area contributed by atoms with Crippen LogP contribution in [0.15, 0.2) is 48.7 Å². The molecule has 0 spiro atoms. The summed E-state index contributed by atoms with van der Waals surface area (Å²) in [6.45, 7) is 2.67. The lowest BCUT2D eigenvalue weighted by atomic mass is 10.2. The molecule has 2 aromatic heterocycles. The molecule has 7 heteroatoms. The van der Waals surface area contributed by atoms with Gasteiger partial charge in [0.25, 0.3) is 11.8 Å². The smallest absolute Gasteiger partial charge is 0.292 e. The van der Waals surface area contributed by atoms with Crippen LogP contribution in [0.1, 0.15) is 40.9 Å². The van der Waals surface area contributed by atoms with E-state index in [0.29, 0.717) is 17.7 Å². The monoisotopic (exact) mass is 368 g/mol. The number of anilines is 1. The third-order valence-corrected chi connectivity index (χ3v) is 4.23. The van der Waals surface area contributed by atoms with Gasteiger partial charge in [-0.15, -0.1) is 0 Å². The van der Waals surface area contributed by atoms with Gasteiger partial charge in [0.2, 0.25) is 5.82 Å². The Labute approximate surface area is 156 Å². The molecule has 1 aromatic carbocycles. The molecule has 0 unspecified atom stereocenters. The van der Waals surface area contributed by atoms with E-state index in [1.165, 1.54) is 18.2 Å². The lowest BCUT2D eigenvalue weighted by molar-refractivity contribution is 0.0790. The summed E-state index contributed by atoms with van der Waals surface area (Å²) >= 11 is 0. The van der Waals surface area contributed by atoms with Crippen molar-refractivity contribution in [2.24, 2.45) is 0 Å². The molecular weight excluding hydrogens is 347 g/mol. The van der Waals surface area contributed by atoms with Gasteiger partial charge in [-0.25, -0.2) is 9.37 Å². The third-order valence-electron chi connectivity index (χ3n) is 4.23. The third kappa shape index (κ3) is 3.97. The molecule has 0 radical (unpaired) electrons. The van der Waals surface area contributed by atoms with Crippen LogP contribution in [0.25, 0.3) is 5.52 Å². The van der Waals surface area contributed by atoms with Crippen molar-refractivity contribution < 1.29 is 14.0 Å². The van der Waals surface area contributed by atoms with E-state index >= 15 is 0 Å². The average Bonchev–Trinajstić information content (AvgIpc) is 3.05. The Morgan fingerprint density at radius 2 is 2.04 bits per heavy atom. The molecule has 0 aliphatic rings. The molecule has 0 saturated carbocycles. The quantitative estimate of drug-likeness (QED) is 0.723. The highest BCUT2D eigenvalue weighted by molar-refractivity contribution is 6.06. The Balaban J connectivity index is 1.94. The Morgan fingerprint density at radius 3 is 2.78 bits per heavy atom. The van der Waals surface area contributed by atoms with Crippen LogP contribution in [0.3, 0.4) is 0 Å². The minimum Gasteiger partial charge on any atom is -0.340 e. The van der Waals surface area contributed by atoms with E-state index in [9.17, 15) is 14.0 Å². The van der Waals surface area contributed by atoms with Crippen molar-refractivity contribution in [2.75, 3.05) is 18.9 Å². The zero-order valence-electron chi connectivity index (χ0n) is 15.3. The van der Waals surface area contributed by atoms with Gasteiger partial charge in [0, 0.05) is 25.5 Å². The fourth-order valence-corrected chi connectivity index (χ4v) is 2.79. The van der Waals surface area contributed by atoms with Gasteiger partial charge in [-0.3, -0.25) is 14.0 Å². The minimum atomic E-state index is -0.517. The second-order valence-electron chi connectivity index (χ2n) is 6.28. The number of carbonyl (C=O) groups excluding carboxylic acids is 2. The van der Waals surface area contributed by atoms with Crippen molar-refractivity contribution in [3.8, 4) is 0 Å². The largest absolute Gasteiger partial charge is 0.340 e. The van der Waals surface area contributed by atoms with Crippen molar-refractivity contribution in [3.63, 3.8) is 0 Å². The Bertz CT molecular complexity index is 983. The molecular formula is C20H21FN4O2. The number of hydrogen-bond donors (Lipinski definition) is 1. The number of pyridine rings is 1. The van der Waals surface area contributed by atoms with Gasteiger partial charge in [-0.05, 0) is 36.8 Å². The molecule has 6 nitrogen and oxygen atoms in total. The second kappa shape index (κ2) is 7.99. The first-order valence-corrected chi connectivity index (χ1v) is 8.80. The van der Waals surface area contributed by atoms with Crippen LogP contribution in [0, 0.1) is 5.82 Å². The topological polar surface area (TPSA) is 66.7 Å². The molecule has 2 heterocycles. The number of hydrogen-bond acceptors (Lipinski definition) is 3. The number of amides is 2. The van der Waals surface area contributed by atoms with E-state index in [4.69, 9.17) is 0 Å². The summed E-state index contributed by atoms with van der Waals surface area (Å²) < 4.78 is 14.9. The number of benzene rings is 1. The van der Waals surface area contributed by atoms with E-state index in [-0.39, 0.29) is 17.4 Å². The van der Waals surface area contributed by atoms with Gasteiger partial charge < -0.3 is 10.2 Å². The normalized spacial score (nSPS) is 10.8. The first-order chi connectivity index (χ1) is 13.0. The maximum Gasteiger partial charge on any atom is 0.292 e. The fraction of sp³-hybridized carbons (Fsp3) is 0.250. The van der Waals surface area contributed by atoms with Crippen LogP contribution in [0.4, 0.5) is 10.1 Å². The minimum absolute atomic E-state index is 0.0714. The van der Waals surface area contributed by atoms with Crippen LogP contribution in [-0.4, -0.2) is 39.7 Å². The van der Waals surface area contributed by atoms with Crippen molar-refractivity contribution in [1.29, 1.82) is 0 Å². The van der Waals surface area contributed by atoms with E-state index in [2.05, 4.69) is 17.2 Å². The summed E-state index contributed by atoms with van der Waals surface area (Å²) in [6, 6.07) is 10.9. The molecule has 0 atom stereocenters. The van der Waals surface area contributed by atoms with Crippen molar-refractivity contribution >= 4 is 23.0 Å². The molecule has 3 rings (SSSR count). The Kier molecular flexibility index (Phi) is 5.49. The molecule has 2 amide bonds. The van der Waals surface area contributed by atoms with Gasteiger partial charge in [-0.2, -0.15) is 0 Å². The number of imidazole rings is 1. The molecule has 3 aromatic rings. The molecule has 0 saturated heterocycles. The van der Waals surface area contributed by atoms with Crippen LogP contribution >= 0.6 is 0 Å². The zero-order chi connectivity index (χ0) is 19.4. The summed E-state index contributed by atoms with van der Waals surface area (Å²) in [4.78, 5) is 31.4. The first-order valence-electron chi connectivity index (χ1n) is 8.80. The predicted octanol–water partition coefficient (Wildman–Crippen LogP) is 3.60. The Hall–Kier alpha value is -3.22. The van der Waals surface area contributed by atoms with Crippen LogP contribution in [-0.2, 0) is 0 Å². The lowest BCUT2D eigenvalue weighted by Crippen LogP contribution is -2.28. The molecule has 27 heavy (non-hydrogen) atoms. The maximum atomic E-state index is 13.4. The molecule has 1 N–H and O–H groups in total. The van der Waals surface area contributed by atoms with Crippen LogP contribution in [0.2, 0.25) is 0 Å². The molecule has 0 aliphatic heterocycles. The number of nitrogens with zero attached hydrogens (tertiary/aromatic N) is 3. The predicted molar refractivity (Wildman–Crippen MR) is 101 cm³/mol. The molecule has 0 aliphatic carbocycles. The van der Waals surface area contributed by atoms with E-state index < -0.39 is 11.7 Å². The highest BCUT2D eigenvalue weighted by Gasteiger charge is 2.23. The number of fused-ring (bicyclic) bond motifs is 1. The summed E-state index contributed by atoms with van der Waals surface area (Å²) in [5.41, 5.74) is 1.09. The number of halogens is 1. The van der Waals surface area contributed by atoms with Gasteiger partial charge in [0.05, 0.1) is 5.52 Å². The van der Waals surface area contributed by atoms with Gasteiger partial charge in [0.1, 0.15) is 5.82 Å².